The van der Waals surface area contributed by atoms with Gasteiger partial charge in [0.1, 0.15) is 11.2 Å². The van der Waals surface area contributed by atoms with E-state index in [9.17, 15) is 9.59 Å². The van der Waals surface area contributed by atoms with Gasteiger partial charge in [0.15, 0.2) is 0 Å². The van der Waals surface area contributed by atoms with Gasteiger partial charge in [0.2, 0.25) is 5.91 Å². The number of rotatable bonds is 2. The van der Waals surface area contributed by atoms with Gasteiger partial charge < -0.3 is 14.8 Å². The van der Waals surface area contributed by atoms with Gasteiger partial charge in [-0.05, 0) is 18.6 Å². The zero-order valence-corrected chi connectivity index (χ0v) is 12.6. The van der Waals surface area contributed by atoms with E-state index in [1.54, 1.807) is 35.2 Å². The molecule has 2 fully saturated rings. The molecule has 1 N–H and O–H groups in total. The normalized spacial score (nSPS) is 25.7. The average Bonchev–Trinajstić information content (AvgIpc) is 3.18. The lowest BCUT2D eigenvalue weighted by Crippen LogP contribution is -2.66. The number of amides is 2. The molecule has 1 aromatic rings. The molecule has 0 aromatic carbocycles. The van der Waals surface area contributed by atoms with Crippen molar-refractivity contribution in [2.24, 2.45) is 0 Å². The quantitative estimate of drug-likeness (QED) is 0.773. The zero-order chi connectivity index (χ0) is 15.7. The molecule has 2 aliphatic heterocycles. The van der Waals surface area contributed by atoms with Crippen molar-refractivity contribution in [3.63, 3.8) is 0 Å². The van der Waals surface area contributed by atoms with Crippen LogP contribution >= 0.6 is 0 Å². The molecule has 0 aliphatic carbocycles. The Balaban J connectivity index is 1.84. The van der Waals surface area contributed by atoms with Crippen LogP contribution in [0.15, 0.2) is 18.3 Å². The molecule has 0 unspecified atom stereocenters. The van der Waals surface area contributed by atoms with Crippen molar-refractivity contribution >= 4 is 11.8 Å². The van der Waals surface area contributed by atoms with Crippen LogP contribution in [0.25, 0.3) is 0 Å². The van der Waals surface area contributed by atoms with E-state index in [0.29, 0.717) is 38.3 Å². The standard InChI is InChI=1S/C15H19N5O2/c1-18-9-10-20(8-5-16)15(14(18)22)4-7-19(11-15)13(21)12-3-2-6-17-12/h2-3,6,17H,4,7-11H2,1H3/t15-/m1/s1. The molecule has 1 atom stereocenters. The highest BCUT2D eigenvalue weighted by Gasteiger charge is 2.53. The SMILES string of the molecule is CN1CCN(CC#N)[C@@]2(CCN(C(=O)c3ccc[nH]3)C2)C1=O. The Labute approximate surface area is 129 Å². The molecule has 3 rings (SSSR count). The summed E-state index contributed by atoms with van der Waals surface area (Å²) >= 11 is 0. The number of likely N-dealkylation sites (N-methyl/N-ethyl adjacent to an activating group) is 1. The maximum Gasteiger partial charge on any atom is 0.270 e. The van der Waals surface area contributed by atoms with Crippen LogP contribution < -0.4 is 0 Å². The largest absolute Gasteiger partial charge is 0.357 e. The van der Waals surface area contributed by atoms with Gasteiger partial charge in [0.25, 0.3) is 5.91 Å². The van der Waals surface area contributed by atoms with E-state index in [1.165, 1.54) is 0 Å². The summed E-state index contributed by atoms with van der Waals surface area (Å²) in [5, 5.41) is 9.04. The molecule has 2 aliphatic rings. The molecule has 1 spiro atoms. The molecule has 7 nitrogen and oxygen atoms in total. The molecular formula is C15H19N5O2. The number of likely N-dealkylation sites (tertiary alicyclic amines) is 1. The predicted molar refractivity (Wildman–Crippen MR) is 78.9 cm³/mol. The maximum atomic E-state index is 12.7. The van der Waals surface area contributed by atoms with E-state index in [0.717, 1.165) is 0 Å². The second kappa shape index (κ2) is 5.46. The van der Waals surface area contributed by atoms with Crippen LogP contribution in [-0.4, -0.2) is 76.8 Å². The fourth-order valence-corrected chi connectivity index (χ4v) is 3.43. The van der Waals surface area contributed by atoms with Gasteiger partial charge in [-0.1, -0.05) is 0 Å². The smallest absolute Gasteiger partial charge is 0.270 e. The number of aromatic amines is 1. The van der Waals surface area contributed by atoms with Crippen molar-refractivity contribution in [3.8, 4) is 6.07 Å². The lowest BCUT2D eigenvalue weighted by atomic mass is 9.91. The van der Waals surface area contributed by atoms with E-state index in [-0.39, 0.29) is 18.4 Å². The van der Waals surface area contributed by atoms with Gasteiger partial charge in [0.05, 0.1) is 12.6 Å². The minimum absolute atomic E-state index is 0.00999. The third-order valence-corrected chi connectivity index (χ3v) is 4.68. The minimum Gasteiger partial charge on any atom is -0.357 e. The second-order valence-electron chi connectivity index (χ2n) is 5.90. The van der Waals surface area contributed by atoms with Crippen molar-refractivity contribution in [3.05, 3.63) is 24.0 Å². The van der Waals surface area contributed by atoms with Crippen molar-refractivity contribution in [2.75, 3.05) is 39.8 Å². The Kier molecular flexibility index (Phi) is 3.62. The highest BCUT2D eigenvalue weighted by molar-refractivity contribution is 5.95. The summed E-state index contributed by atoms with van der Waals surface area (Å²) in [7, 11) is 1.78. The van der Waals surface area contributed by atoms with Crippen molar-refractivity contribution in [2.45, 2.75) is 12.0 Å². The molecule has 2 amide bonds. The Morgan fingerprint density at radius 1 is 1.45 bits per heavy atom. The van der Waals surface area contributed by atoms with E-state index < -0.39 is 5.54 Å². The van der Waals surface area contributed by atoms with Crippen molar-refractivity contribution in [1.82, 2.24) is 19.7 Å². The Morgan fingerprint density at radius 3 is 2.95 bits per heavy atom. The summed E-state index contributed by atoms with van der Waals surface area (Å²) in [4.78, 5) is 33.4. The summed E-state index contributed by atoms with van der Waals surface area (Å²) < 4.78 is 0. The first-order chi connectivity index (χ1) is 10.6. The van der Waals surface area contributed by atoms with E-state index in [4.69, 9.17) is 5.26 Å². The number of carbonyl (C=O) groups is 2. The number of nitriles is 1. The van der Waals surface area contributed by atoms with Crippen LogP contribution in [0.4, 0.5) is 0 Å². The van der Waals surface area contributed by atoms with E-state index >= 15 is 0 Å². The molecule has 2 saturated heterocycles. The molecule has 0 radical (unpaired) electrons. The third-order valence-electron chi connectivity index (χ3n) is 4.68. The number of carbonyl (C=O) groups excluding carboxylic acids is 2. The number of hydrogen-bond donors (Lipinski definition) is 1. The molecule has 0 bridgehead atoms. The summed E-state index contributed by atoms with van der Waals surface area (Å²) in [6, 6.07) is 5.65. The number of hydrogen-bond acceptors (Lipinski definition) is 4. The Bertz CT molecular complexity index is 620. The van der Waals surface area contributed by atoms with Crippen LogP contribution in [0.3, 0.4) is 0 Å². The van der Waals surface area contributed by atoms with Crippen LogP contribution in [0.2, 0.25) is 0 Å². The van der Waals surface area contributed by atoms with E-state index in [2.05, 4.69) is 11.1 Å². The summed E-state index contributed by atoms with van der Waals surface area (Å²) in [6.45, 7) is 2.37. The number of H-pyrrole nitrogens is 1. The lowest BCUT2D eigenvalue weighted by molar-refractivity contribution is -0.148. The monoisotopic (exact) mass is 301 g/mol. The van der Waals surface area contributed by atoms with Crippen LogP contribution in [0.1, 0.15) is 16.9 Å². The first kappa shape index (κ1) is 14.6. The fourth-order valence-electron chi connectivity index (χ4n) is 3.43. The van der Waals surface area contributed by atoms with Gasteiger partial charge in [-0.25, -0.2) is 0 Å². The van der Waals surface area contributed by atoms with Gasteiger partial charge in [-0.2, -0.15) is 5.26 Å². The van der Waals surface area contributed by atoms with Gasteiger partial charge in [0, 0.05) is 39.4 Å². The highest BCUT2D eigenvalue weighted by atomic mass is 16.2. The van der Waals surface area contributed by atoms with E-state index in [1.807, 2.05) is 4.90 Å². The van der Waals surface area contributed by atoms with Crippen molar-refractivity contribution < 1.29 is 9.59 Å². The maximum absolute atomic E-state index is 12.7. The van der Waals surface area contributed by atoms with Crippen molar-refractivity contribution in [1.29, 1.82) is 5.26 Å². The van der Waals surface area contributed by atoms with Crippen LogP contribution in [0.5, 0.6) is 0 Å². The molecule has 3 heterocycles. The molecule has 116 valence electrons. The highest BCUT2D eigenvalue weighted by Crippen LogP contribution is 2.33. The molecule has 1 aromatic heterocycles. The number of nitrogens with one attached hydrogen (secondary N) is 1. The first-order valence-electron chi connectivity index (χ1n) is 7.39. The third kappa shape index (κ3) is 2.16. The van der Waals surface area contributed by atoms with Gasteiger partial charge >= 0.3 is 0 Å². The number of nitrogens with zero attached hydrogens (tertiary/aromatic N) is 4. The van der Waals surface area contributed by atoms with Crippen LogP contribution in [-0.2, 0) is 4.79 Å². The lowest BCUT2D eigenvalue weighted by Gasteiger charge is -2.45. The summed E-state index contributed by atoms with van der Waals surface area (Å²) in [6.07, 6.45) is 2.28. The zero-order valence-electron chi connectivity index (χ0n) is 12.6. The number of aromatic nitrogens is 1. The fraction of sp³-hybridized carbons (Fsp3) is 0.533. The first-order valence-corrected chi connectivity index (χ1v) is 7.39. The van der Waals surface area contributed by atoms with Gasteiger partial charge in [-0.3, -0.25) is 14.5 Å². The Morgan fingerprint density at radius 2 is 2.27 bits per heavy atom. The number of piperazine rings is 1. The minimum atomic E-state index is -0.745. The molecule has 7 heteroatoms. The second-order valence-corrected chi connectivity index (χ2v) is 5.90. The molecule has 22 heavy (non-hydrogen) atoms. The predicted octanol–water partition coefficient (Wildman–Crippen LogP) is -0.103. The topological polar surface area (TPSA) is 83.4 Å². The summed E-state index contributed by atoms with van der Waals surface area (Å²) in [5.74, 6) is -0.0874. The molecular weight excluding hydrogens is 282 g/mol. The summed E-state index contributed by atoms with van der Waals surface area (Å²) in [5.41, 5.74) is -0.217. The van der Waals surface area contributed by atoms with Gasteiger partial charge in [-0.15, -0.1) is 0 Å². The Hall–Kier alpha value is -2.33. The van der Waals surface area contributed by atoms with Crippen LogP contribution in [0, 0.1) is 11.3 Å². The molecule has 0 saturated carbocycles. The average molecular weight is 301 g/mol.